The molecule has 1 aromatic heterocycles. The van der Waals surface area contributed by atoms with Crippen LogP contribution < -0.4 is 10.1 Å². The van der Waals surface area contributed by atoms with Crippen molar-refractivity contribution in [2.24, 2.45) is 0 Å². The Kier molecular flexibility index (Phi) is 5.09. The first-order valence-electron chi connectivity index (χ1n) is 6.69. The number of aryl methyl sites for hydroxylation is 1. The second-order valence-corrected chi connectivity index (χ2v) is 4.47. The first kappa shape index (κ1) is 14.8. The molecular weight excluding hydrogens is 270 g/mol. The minimum Gasteiger partial charge on any atom is -0.487 e. The largest absolute Gasteiger partial charge is 0.487 e. The van der Waals surface area contributed by atoms with Crippen molar-refractivity contribution in [1.29, 1.82) is 0 Å². The number of pyridine rings is 1. The molecule has 1 heterocycles. The van der Waals surface area contributed by atoms with Crippen LogP contribution in [0.4, 0.5) is 11.4 Å². The zero-order valence-corrected chi connectivity index (χ0v) is 11.8. The monoisotopic (exact) mass is 287 g/mol. The minimum absolute atomic E-state index is 0.0242. The van der Waals surface area contributed by atoms with E-state index in [2.05, 4.69) is 10.3 Å². The van der Waals surface area contributed by atoms with E-state index in [9.17, 15) is 10.1 Å². The molecule has 0 saturated carbocycles. The number of rotatable bonds is 7. The van der Waals surface area contributed by atoms with Gasteiger partial charge in [0.1, 0.15) is 5.69 Å². The van der Waals surface area contributed by atoms with Gasteiger partial charge in [-0.3, -0.25) is 15.1 Å². The molecule has 21 heavy (non-hydrogen) atoms. The van der Waals surface area contributed by atoms with Gasteiger partial charge in [0.05, 0.1) is 11.5 Å². The van der Waals surface area contributed by atoms with Crippen molar-refractivity contribution in [3.8, 4) is 5.75 Å². The topological polar surface area (TPSA) is 77.3 Å². The first-order chi connectivity index (χ1) is 10.2. The van der Waals surface area contributed by atoms with E-state index in [4.69, 9.17) is 4.74 Å². The summed E-state index contributed by atoms with van der Waals surface area (Å²) in [6.45, 7) is 0.427. The highest BCUT2D eigenvalue weighted by atomic mass is 16.6. The van der Waals surface area contributed by atoms with E-state index in [1.165, 1.54) is 5.56 Å². The summed E-state index contributed by atoms with van der Waals surface area (Å²) < 4.78 is 5.57. The third-order valence-corrected chi connectivity index (χ3v) is 3.07. The molecule has 6 nitrogen and oxygen atoms in total. The fourth-order valence-corrected chi connectivity index (χ4v) is 2.04. The molecule has 110 valence electrons. The molecular formula is C15H17N3O3. The SMILES string of the molecule is CNc1cccc(OCCCc2ccncc2)c1[N+](=O)[O-]. The molecule has 0 fully saturated rings. The molecule has 0 aliphatic rings. The molecule has 1 N–H and O–H groups in total. The van der Waals surface area contributed by atoms with E-state index >= 15 is 0 Å². The molecule has 1 aromatic carbocycles. The standard InChI is InChI=1S/C15H17N3O3/c1-16-13-5-2-6-14(15(13)18(19)20)21-11-3-4-12-7-9-17-10-8-12/h2,5-10,16H,3-4,11H2,1H3. The van der Waals surface area contributed by atoms with Crippen molar-refractivity contribution >= 4 is 11.4 Å². The molecule has 2 rings (SSSR count). The van der Waals surface area contributed by atoms with E-state index in [0.29, 0.717) is 18.0 Å². The van der Waals surface area contributed by atoms with Gasteiger partial charge in [-0.15, -0.1) is 0 Å². The summed E-state index contributed by atoms with van der Waals surface area (Å²) >= 11 is 0. The average molecular weight is 287 g/mol. The fourth-order valence-electron chi connectivity index (χ4n) is 2.04. The van der Waals surface area contributed by atoms with Gasteiger partial charge in [0.25, 0.3) is 0 Å². The van der Waals surface area contributed by atoms with Gasteiger partial charge in [-0.05, 0) is 42.7 Å². The molecule has 6 heteroatoms. The number of benzene rings is 1. The van der Waals surface area contributed by atoms with Crippen LogP contribution >= 0.6 is 0 Å². The van der Waals surface area contributed by atoms with Gasteiger partial charge >= 0.3 is 5.69 Å². The van der Waals surface area contributed by atoms with Gasteiger partial charge < -0.3 is 10.1 Å². The van der Waals surface area contributed by atoms with Crippen molar-refractivity contribution in [3.63, 3.8) is 0 Å². The maximum Gasteiger partial charge on any atom is 0.333 e. The number of para-hydroxylation sites is 1. The maximum absolute atomic E-state index is 11.1. The smallest absolute Gasteiger partial charge is 0.333 e. The Labute approximate surface area is 122 Å². The number of hydrogen-bond donors (Lipinski definition) is 1. The number of nitro benzene ring substituents is 1. The van der Waals surface area contributed by atoms with Crippen LogP contribution in [-0.2, 0) is 6.42 Å². The van der Waals surface area contributed by atoms with E-state index in [0.717, 1.165) is 12.8 Å². The molecule has 0 unspecified atom stereocenters. The van der Waals surface area contributed by atoms with Crippen molar-refractivity contribution < 1.29 is 9.66 Å². The summed E-state index contributed by atoms with van der Waals surface area (Å²) in [5, 5.41) is 13.9. The van der Waals surface area contributed by atoms with Crippen LogP contribution in [0, 0.1) is 10.1 Å². The van der Waals surface area contributed by atoms with Crippen LogP contribution in [0.2, 0.25) is 0 Å². The normalized spacial score (nSPS) is 10.1. The lowest BCUT2D eigenvalue weighted by atomic mass is 10.1. The second-order valence-electron chi connectivity index (χ2n) is 4.47. The quantitative estimate of drug-likeness (QED) is 0.481. The number of ether oxygens (including phenoxy) is 1. The number of anilines is 1. The van der Waals surface area contributed by atoms with Crippen molar-refractivity contribution in [1.82, 2.24) is 4.98 Å². The van der Waals surface area contributed by atoms with Gasteiger partial charge in [-0.2, -0.15) is 0 Å². The Morgan fingerprint density at radius 2 is 2.05 bits per heavy atom. The van der Waals surface area contributed by atoms with Crippen LogP contribution in [0.15, 0.2) is 42.7 Å². The molecule has 0 aliphatic carbocycles. The molecule has 0 radical (unpaired) electrons. The lowest BCUT2D eigenvalue weighted by Crippen LogP contribution is -2.04. The summed E-state index contributed by atoms with van der Waals surface area (Å²) in [6.07, 6.45) is 5.13. The molecule has 0 bridgehead atoms. The molecule has 0 saturated heterocycles. The fraction of sp³-hybridized carbons (Fsp3) is 0.267. The summed E-state index contributed by atoms with van der Waals surface area (Å²) in [6, 6.07) is 8.90. The van der Waals surface area contributed by atoms with Crippen molar-refractivity contribution in [3.05, 3.63) is 58.4 Å². The van der Waals surface area contributed by atoms with Crippen LogP contribution in [0.25, 0.3) is 0 Å². The lowest BCUT2D eigenvalue weighted by Gasteiger charge is -2.09. The third-order valence-electron chi connectivity index (χ3n) is 3.07. The van der Waals surface area contributed by atoms with E-state index in [1.807, 2.05) is 12.1 Å². The summed E-state index contributed by atoms with van der Waals surface area (Å²) in [5.74, 6) is 0.293. The molecule has 0 amide bonds. The van der Waals surface area contributed by atoms with Gasteiger partial charge in [0.2, 0.25) is 0 Å². The third kappa shape index (κ3) is 3.92. The number of aromatic nitrogens is 1. The number of nitrogens with one attached hydrogen (secondary N) is 1. The highest BCUT2D eigenvalue weighted by molar-refractivity contribution is 5.68. The van der Waals surface area contributed by atoms with Gasteiger partial charge in [0, 0.05) is 19.4 Å². The Balaban J connectivity index is 1.95. The zero-order valence-electron chi connectivity index (χ0n) is 11.8. The maximum atomic E-state index is 11.1. The number of nitro groups is 1. The lowest BCUT2D eigenvalue weighted by molar-refractivity contribution is -0.384. The van der Waals surface area contributed by atoms with Gasteiger partial charge in [0.15, 0.2) is 5.75 Å². The highest BCUT2D eigenvalue weighted by Crippen LogP contribution is 2.34. The Morgan fingerprint density at radius 1 is 1.29 bits per heavy atom. The Bertz CT molecular complexity index is 602. The van der Waals surface area contributed by atoms with Crippen LogP contribution in [0.5, 0.6) is 5.75 Å². The summed E-state index contributed by atoms with van der Waals surface area (Å²) in [5.41, 5.74) is 1.60. The van der Waals surface area contributed by atoms with Gasteiger partial charge in [-0.25, -0.2) is 0 Å². The van der Waals surface area contributed by atoms with E-state index in [1.54, 1.807) is 37.6 Å². The van der Waals surface area contributed by atoms with Crippen molar-refractivity contribution in [2.75, 3.05) is 19.0 Å². The molecule has 0 atom stereocenters. The van der Waals surface area contributed by atoms with Crippen LogP contribution in [-0.4, -0.2) is 23.6 Å². The number of hydrogen-bond acceptors (Lipinski definition) is 5. The highest BCUT2D eigenvalue weighted by Gasteiger charge is 2.19. The van der Waals surface area contributed by atoms with Crippen LogP contribution in [0.1, 0.15) is 12.0 Å². The Hall–Kier alpha value is -2.63. The molecule has 0 aliphatic heterocycles. The first-order valence-corrected chi connectivity index (χ1v) is 6.69. The number of nitrogens with zero attached hydrogens (tertiary/aromatic N) is 2. The van der Waals surface area contributed by atoms with Crippen molar-refractivity contribution in [2.45, 2.75) is 12.8 Å². The molecule has 0 spiro atoms. The summed E-state index contributed by atoms with van der Waals surface area (Å²) in [4.78, 5) is 14.7. The second kappa shape index (κ2) is 7.23. The zero-order chi connectivity index (χ0) is 15.1. The Morgan fingerprint density at radius 3 is 2.71 bits per heavy atom. The average Bonchev–Trinajstić information content (AvgIpc) is 2.52. The van der Waals surface area contributed by atoms with E-state index < -0.39 is 4.92 Å². The predicted octanol–water partition coefficient (Wildman–Crippen LogP) is 3.04. The van der Waals surface area contributed by atoms with Crippen LogP contribution in [0.3, 0.4) is 0 Å². The predicted molar refractivity (Wildman–Crippen MR) is 80.7 cm³/mol. The summed E-state index contributed by atoms with van der Waals surface area (Å²) in [7, 11) is 1.65. The minimum atomic E-state index is -0.427. The van der Waals surface area contributed by atoms with Gasteiger partial charge in [-0.1, -0.05) is 6.07 Å². The van der Waals surface area contributed by atoms with E-state index in [-0.39, 0.29) is 5.69 Å². The molecule has 2 aromatic rings.